The Balaban J connectivity index is 1.36. The van der Waals surface area contributed by atoms with E-state index < -0.39 is 4.92 Å². The van der Waals surface area contributed by atoms with Crippen LogP contribution in [0.2, 0.25) is 0 Å². The van der Waals surface area contributed by atoms with Crippen LogP contribution in [0.4, 0.5) is 5.69 Å². The number of fused-ring (bicyclic) bond motifs is 2. The van der Waals surface area contributed by atoms with E-state index in [9.17, 15) is 10.1 Å². The molecule has 0 spiro atoms. The maximum atomic E-state index is 11.3. The van der Waals surface area contributed by atoms with Gasteiger partial charge in [-0.1, -0.05) is 52.8 Å². The first-order valence-corrected chi connectivity index (χ1v) is 11.3. The first-order valence-electron chi connectivity index (χ1n) is 11.3. The number of hydrogen-bond donors (Lipinski definition) is 0. The number of non-ortho nitro benzene ring substituents is 1. The number of ether oxygens (including phenoxy) is 1. The lowest BCUT2D eigenvalue weighted by atomic mass is 10.1. The van der Waals surface area contributed by atoms with E-state index in [1.165, 1.54) is 36.2 Å². The minimum absolute atomic E-state index is 0.00841. The Labute approximate surface area is 191 Å². The van der Waals surface area contributed by atoms with Gasteiger partial charge in [0, 0.05) is 18.7 Å². The highest BCUT2D eigenvalue weighted by Crippen LogP contribution is 2.29. The molecule has 1 aromatic heterocycles. The van der Waals surface area contributed by atoms with Gasteiger partial charge in [-0.05, 0) is 54.4 Å². The molecule has 0 aliphatic carbocycles. The summed E-state index contributed by atoms with van der Waals surface area (Å²) in [5, 5.41) is 18.6. The molecule has 0 unspecified atom stereocenters. The Bertz CT molecular complexity index is 1280. The molecule has 0 amide bonds. The van der Waals surface area contributed by atoms with Crippen LogP contribution in [-0.2, 0) is 6.61 Å². The topological polar surface area (TPSA) is 82.7 Å². The van der Waals surface area contributed by atoms with E-state index in [0.717, 1.165) is 36.0 Å². The van der Waals surface area contributed by atoms with Gasteiger partial charge in [0.1, 0.15) is 18.7 Å². The number of nitro groups is 1. The second-order valence-electron chi connectivity index (χ2n) is 8.34. The minimum Gasteiger partial charge on any atom is -0.471 e. The molecule has 2 heterocycles. The van der Waals surface area contributed by atoms with Crippen LogP contribution >= 0.6 is 0 Å². The molecule has 0 atom stereocenters. The van der Waals surface area contributed by atoms with Crippen LogP contribution < -0.4 is 9.57 Å². The van der Waals surface area contributed by atoms with Gasteiger partial charge in [-0.3, -0.25) is 15.0 Å². The molecule has 3 aromatic carbocycles. The molecule has 8 nitrogen and oxygen atoms in total. The number of aromatic nitrogens is 2. The van der Waals surface area contributed by atoms with Crippen molar-refractivity contribution in [2.24, 2.45) is 0 Å². The summed E-state index contributed by atoms with van der Waals surface area (Å²) in [6, 6.07) is 18.9. The van der Waals surface area contributed by atoms with E-state index in [0.29, 0.717) is 30.0 Å². The third-order valence-electron chi connectivity index (χ3n) is 6.07. The molecule has 5 rings (SSSR count). The van der Waals surface area contributed by atoms with Crippen molar-refractivity contribution in [2.45, 2.75) is 25.9 Å². The van der Waals surface area contributed by atoms with Gasteiger partial charge >= 0.3 is 0 Å². The second-order valence-corrected chi connectivity index (χ2v) is 8.34. The summed E-state index contributed by atoms with van der Waals surface area (Å²) in [7, 11) is 0. The molecule has 0 saturated carbocycles. The summed E-state index contributed by atoms with van der Waals surface area (Å²) in [6.07, 6.45) is 3.74. The fourth-order valence-electron chi connectivity index (χ4n) is 4.29. The third kappa shape index (κ3) is 4.75. The van der Waals surface area contributed by atoms with Crippen molar-refractivity contribution in [1.29, 1.82) is 0 Å². The van der Waals surface area contributed by atoms with Gasteiger partial charge in [-0.25, -0.2) is 0 Å². The Morgan fingerprint density at radius 1 is 0.970 bits per heavy atom. The van der Waals surface area contributed by atoms with E-state index in [1.807, 2.05) is 18.2 Å². The van der Waals surface area contributed by atoms with Crippen LogP contribution in [-0.4, -0.2) is 46.0 Å². The maximum absolute atomic E-state index is 11.3. The van der Waals surface area contributed by atoms with Crippen LogP contribution in [0.15, 0.2) is 60.7 Å². The van der Waals surface area contributed by atoms with Gasteiger partial charge in [-0.15, -0.1) is 0 Å². The van der Waals surface area contributed by atoms with Crippen molar-refractivity contribution in [1.82, 2.24) is 14.8 Å². The van der Waals surface area contributed by atoms with E-state index in [4.69, 9.17) is 9.57 Å². The van der Waals surface area contributed by atoms with E-state index in [1.54, 1.807) is 6.07 Å². The third-order valence-corrected chi connectivity index (χ3v) is 6.07. The molecule has 0 N–H and O–H groups in total. The van der Waals surface area contributed by atoms with Crippen molar-refractivity contribution in [2.75, 3.05) is 26.2 Å². The summed E-state index contributed by atoms with van der Waals surface area (Å²) in [5.74, 6) is 0.319. The number of likely N-dealkylation sites (tertiary alicyclic amines) is 1. The van der Waals surface area contributed by atoms with Crippen molar-refractivity contribution in [3.05, 3.63) is 76.3 Å². The summed E-state index contributed by atoms with van der Waals surface area (Å²) in [6.45, 7) is 3.79. The minimum atomic E-state index is -0.416. The van der Waals surface area contributed by atoms with E-state index >= 15 is 0 Å². The number of hydrogen-bond acceptors (Lipinski definition) is 6. The molecule has 1 fully saturated rings. The Morgan fingerprint density at radius 2 is 1.79 bits per heavy atom. The maximum Gasteiger partial charge on any atom is 0.270 e. The quantitative estimate of drug-likeness (QED) is 0.291. The van der Waals surface area contributed by atoms with Gasteiger partial charge in [0.2, 0.25) is 5.88 Å². The van der Waals surface area contributed by atoms with E-state index in [2.05, 4.69) is 34.3 Å². The predicted molar refractivity (Wildman–Crippen MR) is 126 cm³/mol. The molecular weight excluding hydrogens is 420 g/mol. The summed E-state index contributed by atoms with van der Waals surface area (Å²) in [5.41, 5.74) is 1.63. The Hall–Kier alpha value is -3.65. The second kappa shape index (κ2) is 9.46. The summed E-state index contributed by atoms with van der Waals surface area (Å²) < 4.78 is 6.02. The van der Waals surface area contributed by atoms with Crippen molar-refractivity contribution >= 4 is 27.4 Å². The number of nitro benzene ring substituents is 1. The average molecular weight is 447 g/mol. The standard InChI is InChI=1S/C25H26N4O4/c30-29(31)22-10-11-24-23(17-22)25(26-28(24)33-15-14-27-12-4-1-5-13-27)32-18-19-8-9-20-6-2-3-7-21(20)16-19/h2-3,6-11,16-17H,1,4-5,12-15,18H2. The fraction of sp³-hybridized carbons (Fsp3) is 0.320. The van der Waals surface area contributed by atoms with Crippen LogP contribution in [0.1, 0.15) is 24.8 Å². The number of benzene rings is 3. The van der Waals surface area contributed by atoms with Crippen LogP contribution in [0.25, 0.3) is 21.7 Å². The van der Waals surface area contributed by atoms with Crippen molar-refractivity contribution in [3.63, 3.8) is 0 Å². The first kappa shape index (κ1) is 21.2. The molecular formula is C25H26N4O4. The lowest BCUT2D eigenvalue weighted by Crippen LogP contribution is -2.34. The van der Waals surface area contributed by atoms with Gasteiger partial charge in [0.05, 0.1) is 10.3 Å². The van der Waals surface area contributed by atoms with E-state index in [-0.39, 0.29) is 5.69 Å². The van der Waals surface area contributed by atoms with Crippen LogP contribution in [0.5, 0.6) is 5.88 Å². The molecule has 170 valence electrons. The number of rotatable bonds is 8. The largest absolute Gasteiger partial charge is 0.471 e. The average Bonchev–Trinajstić information content (AvgIpc) is 3.20. The zero-order valence-electron chi connectivity index (χ0n) is 18.4. The lowest BCUT2D eigenvalue weighted by molar-refractivity contribution is -0.384. The van der Waals surface area contributed by atoms with Gasteiger partial charge in [0.15, 0.2) is 0 Å². The first-order chi connectivity index (χ1) is 16.2. The van der Waals surface area contributed by atoms with Gasteiger partial charge in [0.25, 0.3) is 5.69 Å². The highest BCUT2D eigenvalue weighted by atomic mass is 16.7. The molecule has 33 heavy (non-hydrogen) atoms. The van der Waals surface area contributed by atoms with Crippen molar-refractivity contribution < 1.29 is 14.5 Å². The molecule has 8 heteroatoms. The molecule has 1 aliphatic heterocycles. The summed E-state index contributed by atoms with van der Waals surface area (Å²) in [4.78, 5) is 20.6. The molecule has 1 aliphatic rings. The lowest BCUT2D eigenvalue weighted by Gasteiger charge is -2.25. The Kier molecular flexibility index (Phi) is 6.08. The zero-order valence-corrected chi connectivity index (χ0v) is 18.4. The molecule has 4 aromatic rings. The predicted octanol–water partition coefficient (Wildman–Crippen LogP) is 4.59. The highest BCUT2D eigenvalue weighted by molar-refractivity contribution is 5.86. The smallest absolute Gasteiger partial charge is 0.270 e. The number of piperidine rings is 1. The monoisotopic (exact) mass is 446 g/mol. The van der Waals surface area contributed by atoms with Crippen LogP contribution in [0, 0.1) is 10.1 Å². The summed E-state index contributed by atoms with van der Waals surface area (Å²) >= 11 is 0. The molecule has 0 radical (unpaired) electrons. The normalized spacial score (nSPS) is 14.5. The van der Waals surface area contributed by atoms with Gasteiger partial charge in [-0.2, -0.15) is 0 Å². The van der Waals surface area contributed by atoms with Crippen molar-refractivity contribution in [3.8, 4) is 5.88 Å². The number of nitrogens with zero attached hydrogens (tertiary/aromatic N) is 4. The Morgan fingerprint density at radius 3 is 2.61 bits per heavy atom. The fourth-order valence-corrected chi connectivity index (χ4v) is 4.29. The van der Waals surface area contributed by atoms with Gasteiger partial charge < -0.3 is 9.57 Å². The SMILES string of the molecule is O=[N+]([O-])c1ccc2c(c1)c(OCc1ccc3ccccc3c1)nn2OCCN1CCCCC1. The highest BCUT2D eigenvalue weighted by Gasteiger charge is 2.18. The molecule has 1 saturated heterocycles. The molecule has 0 bridgehead atoms. The van der Waals surface area contributed by atoms with Crippen LogP contribution in [0.3, 0.4) is 0 Å². The zero-order chi connectivity index (χ0) is 22.6.